The Morgan fingerprint density at radius 1 is 1.08 bits per heavy atom. The largest absolute Gasteiger partial charge is 0.419 e. The van der Waals surface area contributed by atoms with Crippen LogP contribution >= 0.6 is 23.2 Å². The van der Waals surface area contributed by atoms with Gasteiger partial charge in [-0.3, -0.25) is 4.79 Å². The van der Waals surface area contributed by atoms with Crippen LogP contribution in [0.1, 0.15) is 77.8 Å². The van der Waals surface area contributed by atoms with E-state index in [0.717, 1.165) is 43.7 Å². The molecule has 36 heavy (non-hydrogen) atoms. The smallest absolute Gasteiger partial charge is 0.324 e. The predicted molar refractivity (Wildman–Crippen MR) is 132 cm³/mol. The summed E-state index contributed by atoms with van der Waals surface area (Å²) in [4.78, 5) is 17.7. The van der Waals surface area contributed by atoms with Gasteiger partial charge >= 0.3 is 6.18 Å². The van der Waals surface area contributed by atoms with Crippen molar-refractivity contribution in [3.63, 3.8) is 0 Å². The zero-order valence-corrected chi connectivity index (χ0v) is 20.9. The highest BCUT2D eigenvalue weighted by Gasteiger charge is 2.37. The Bertz CT molecular complexity index is 1230. The Morgan fingerprint density at radius 3 is 2.44 bits per heavy atom. The molecule has 2 aromatic carbocycles. The van der Waals surface area contributed by atoms with Gasteiger partial charge in [0.05, 0.1) is 15.6 Å². The van der Waals surface area contributed by atoms with Gasteiger partial charge < -0.3 is 4.57 Å². The Hall–Kier alpha value is -2.38. The molecule has 1 aliphatic rings. The lowest BCUT2D eigenvalue weighted by Crippen LogP contribution is -2.30. The molecule has 0 spiro atoms. The molecule has 3 nitrogen and oxygen atoms in total. The maximum absolute atomic E-state index is 13.8. The van der Waals surface area contributed by atoms with E-state index in [-0.39, 0.29) is 29.3 Å². The van der Waals surface area contributed by atoms with Crippen molar-refractivity contribution in [3.8, 4) is 0 Å². The topological polar surface area (TPSA) is 34.9 Å². The van der Waals surface area contributed by atoms with E-state index in [4.69, 9.17) is 23.2 Å². The molecule has 0 aliphatic heterocycles. The van der Waals surface area contributed by atoms with Gasteiger partial charge in [-0.1, -0.05) is 55.5 Å². The zero-order valence-electron chi connectivity index (χ0n) is 19.4. The van der Waals surface area contributed by atoms with Crippen LogP contribution in [0.2, 0.25) is 10.0 Å². The summed E-state index contributed by atoms with van der Waals surface area (Å²) in [7, 11) is 0. The van der Waals surface area contributed by atoms with Crippen molar-refractivity contribution in [2.75, 3.05) is 0 Å². The van der Waals surface area contributed by atoms with Crippen LogP contribution in [0.5, 0.6) is 0 Å². The standard InChI is InChI=1S/C27H25Cl2F4N2O/c1-2-19(17-8-10-21(28)22(29)15-17)24(16-6-4-3-5-7-16)35-13-12-34-26(35)25(36)18-9-11-23(30)20(14-18)27(31,32)33/h8-16,19,24H,1-7H2. The number of carbonyl (C=O) groups excluding carboxylic acids is 1. The third-order valence-electron chi connectivity index (χ3n) is 6.95. The van der Waals surface area contributed by atoms with E-state index in [9.17, 15) is 22.4 Å². The third-order valence-corrected chi connectivity index (χ3v) is 7.69. The number of alkyl halides is 3. The lowest BCUT2D eigenvalue weighted by molar-refractivity contribution is -0.140. The molecule has 3 aromatic rings. The monoisotopic (exact) mass is 539 g/mol. The van der Waals surface area contributed by atoms with Crippen molar-refractivity contribution >= 4 is 29.0 Å². The average molecular weight is 540 g/mol. The molecule has 1 aliphatic carbocycles. The molecule has 1 heterocycles. The maximum atomic E-state index is 13.8. The van der Waals surface area contributed by atoms with E-state index in [2.05, 4.69) is 11.9 Å². The van der Waals surface area contributed by atoms with Crippen LogP contribution < -0.4 is 0 Å². The van der Waals surface area contributed by atoms with E-state index in [1.54, 1.807) is 22.9 Å². The first-order valence-electron chi connectivity index (χ1n) is 11.8. The Labute approximate surface area is 217 Å². The van der Waals surface area contributed by atoms with Crippen LogP contribution in [0.4, 0.5) is 17.6 Å². The number of rotatable bonds is 7. The van der Waals surface area contributed by atoms with Crippen LogP contribution in [0.3, 0.4) is 0 Å². The Kier molecular flexibility index (Phi) is 8.10. The summed E-state index contributed by atoms with van der Waals surface area (Å²) in [5, 5.41) is 0.829. The molecule has 0 saturated heterocycles. The van der Waals surface area contributed by atoms with E-state index < -0.39 is 23.3 Å². The Morgan fingerprint density at radius 2 is 1.81 bits per heavy atom. The molecular formula is C27H25Cl2F4N2O. The Balaban J connectivity index is 1.79. The quantitative estimate of drug-likeness (QED) is 0.222. The minimum atomic E-state index is -4.92. The molecule has 0 bridgehead atoms. The fourth-order valence-corrected chi connectivity index (χ4v) is 5.55. The second-order valence-corrected chi connectivity index (χ2v) is 9.95. The number of nitrogens with zero attached hydrogens (tertiary/aromatic N) is 2. The van der Waals surface area contributed by atoms with Crippen LogP contribution in [-0.2, 0) is 6.18 Å². The molecule has 191 valence electrons. The molecule has 2 atom stereocenters. The van der Waals surface area contributed by atoms with E-state index in [1.165, 1.54) is 6.20 Å². The summed E-state index contributed by atoms with van der Waals surface area (Å²) >= 11 is 12.4. The summed E-state index contributed by atoms with van der Waals surface area (Å²) in [5.74, 6) is -2.09. The van der Waals surface area contributed by atoms with Gasteiger partial charge in [0.15, 0.2) is 5.82 Å². The minimum Gasteiger partial charge on any atom is -0.324 e. The highest BCUT2D eigenvalue weighted by molar-refractivity contribution is 6.42. The summed E-state index contributed by atoms with van der Waals surface area (Å²) in [6.45, 7) is 4.16. The summed E-state index contributed by atoms with van der Waals surface area (Å²) in [5.41, 5.74) is -0.857. The number of hydrogen-bond acceptors (Lipinski definition) is 2. The van der Waals surface area contributed by atoms with Gasteiger partial charge in [-0.15, -0.1) is 0 Å². The third kappa shape index (κ3) is 5.47. The molecule has 4 rings (SSSR count). The second-order valence-electron chi connectivity index (χ2n) is 9.14. The summed E-state index contributed by atoms with van der Waals surface area (Å²) in [6.07, 6.45) is 3.78. The SMILES string of the molecule is [CH2]CC(c1ccc(Cl)c(Cl)c1)C(C1CCCCC1)n1ccnc1C(=O)c1ccc(F)c(C(F)(F)F)c1. The van der Waals surface area contributed by atoms with Crippen molar-refractivity contribution in [1.82, 2.24) is 9.55 Å². The maximum Gasteiger partial charge on any atom is 0.419 e. The number of ketones is 1. The fourth-order valence-electron chi connectivity index (χ4n) is 5.25. The second kappa shape index (κ2) is 10.9. The molecule has 2 unspecified atom stereocenters. The number of hydrogen-bond donors (Lipinski definition) is 0. The molecule has 0 amide bonds. The molecule has 1 fully saturated rings. The first-order valence-corrected chi connectivity index (χ1v) is 12.6. The van der Waals surface area contributed by atoms with Crippen molar-refractivity contribution in [1.29, 1.82) is 0 Å². The number of halogens is 6. The number of imidazole rings is 1. The van der Waals surface area contributed by atoms with Gasteiger partial charge in [-0.2, -0.15) is 13.2 Å². The van der Waals surface area contributed by atoms with Crippen LogP contribution in [-0.4, -0.2) is 15.3 Å². The van der Waals surface area contributed by atoms with Crippen LogP contribution in [0.25, 0.3) is 0 Å². The fraction of sp³-hybridized carbons (Fsp3) is 0.370. The highest BCUT2D eigenvalue weighted by atomic mass is 35.5. The van der Waals surface area contributed by atoms with Crippen LogP contribution in [0, 0.1) is 18.7 Å². The molecule has 0 N–H and O–H groups in total. The van der Waals surface area contributed by atoms with Gasteiger partial charge in [0.1, 0.15) is 5.82 Å². The van der Waals surface area contributed by atoms with Crippen molar-refractivity contribution < 1.29 is 22.4 Å². The first-order chi connectivity index (χ1) is 17.1. The van der Waals surface area contributed by atoms with Gasteiger partial charge in [0, 0.05) is 29.9 Å². The van der Waals surface area contributed by atoms with E-state index in [0.29, 0.717) is 28.6 Å². The molecule has 9 heteroatoms. The predicted octanol–water partition coefficient (Wildman–Crippen LogP) is 8.71. The highest BCUT2D eigenvalue weighted by Crippen LogP contribution is 2.44. The first kappa shape index (κ1) is 26.7. The van der Waals surface area contributed by atoms with Gasteiger partial charge in [-0.25, -0.2) is 9.37 Å². The van der Waals surface area contributed by atoms with Gasteiger partial charge in [0.2, 0.25) is 5.78 Å². The van der Waals surface area contributed by atoms with Crippen molar-refractivity contribution in [3.05, 3.63) is 94.1 Å². The normalized spacial score (nSPS) is 16.6. The lowest BCUT2D eigenvalue weighted by Gasteiger charge is -2.37. The number of carbonyl (C=O) groups is 1. The lowest BCUT2D eigenvalue weighted by atomic mass is 9.75. The molecular weight excluding hydrogens is 515 g/mol. The molecule has 1 saturated carbocycles. The number of aromatic nitrogens is 2. The minimum absolute atomic E-state index is 0.00353. The van der Waals surface area contributed by atoms with Gasteiger partial charge in [0.25, 0.3) is 0 Å². The van der Waals surface area contributed by atoms with Gasteiger partial charge in [-0.05, 0) is 61.1 Å². The van der Waals surface area contributed by atoms with E-state index in [1.807, 2.05) is 6.07 Å². The van der Waals surface area contributed by atoms with E-state index >= 15 is 0 Å². The average Bonchev–Trinajstić information content (AvgIpc) is 3.33. The van der Waals surface area contributed by atoms with Crippen molar-refractivity contribution in [2.45, 2.75) is 56.7 Å². The summed E-state index contributed by atoms with van der Waals surface area (Å²) in [6, 6.07) is 7.43. The number of benzene rings is 2. The van der Waals surface area contributed by atoms with Crippen molar-refractivity contribution in [2.24, 2.45) is 5.92 Å². The molecule has 1 radical (unpaired) electrons. The molecule has 1 aromatic heterocycles. The summed E-state index contributed by atoms with van der Waals surface area (Å²) < 4.78 is 55.5. The van der Waals surface area contributed by atoms with Crippen LogP contribution in [0.15, 0.2) is 48.8 Å². The zero-order chi connectivity index (χ0) is 26.0.